The van der Waals surface area contributed by atoms with Crippen molar-refractivity contribution >= 4 is 16.0 Å². The molecule has 2 atom stereocenters. The van der Waals surface area contributed by atoms with Crippen molar-refractivity contribution in [3.63, 3.8) is 0 Å². The van der Waals surface area contributed by atoms with Gasteiger partial charge in [-0.3, -0.25) is 10.3 Å². The van der Waals surface area contributed by atoms with Crippen LogP contribution in [0.25, 0.3) is 0 Å². The number of piperidine rings is 1. The maximum absolute atomic E-state index is 12.7. The Morgan fingerprint density at radius 2 is 1.81 bits per heavy atom. The van der Waals surface area contributed by atoms with Crippen LogP contribution in [0.3, 0.4) is 0 Å². The molecule has 0 bridgehead atoms. The highest BCUT2D eigenvalue weighted by molar-refractivity contribution is 7.86. The fraction of sp³-hybridized carbons (Fsp3) is 0.923. The average Bonchev–Trinajstić information content (AvgIpc) is 2.46. The monoisotopic (exact) mass is 317 g/mol. The van der Waals surface area contributed by atoms with Crippen molar-refractivity contribution in [2.24, 2.45) is 5.73 Å². The molecule has 0 spiro atoms. The SMILES string of the molecule is CC(C(=N)N)N1CCN(S(=O)(=O)N2CCCCC2C)CC1. The Balaban J connectivity index is 1.99. The molecule has 3 N–H and O–H groups in total. The summed E-state index contributed by atoms with van der Waals surface area (Å²) in [7, 11) is -3.35. The van der Waals surface area contributed by atoms with E-state index < -0.39 is 10.2 Å². The van der Waals surface area contributed by atoms with Gasteiger partial charge in [0.05, 0.1) is 6.04 Å². The first-order valence-corrected chi connectivity index (χ1v) is 9.08. The average molecular weight is 317 g/mol. The van der Waals surface area contributed by atoms with E-state index in [1.807, 2.05) is 13.8 Å². The Labute approximate surface area is 127 Å². The standard InChI is InChI=1S/C13H27N5O2S/c1-11-5-3-4-6-18(11)21(19,20)17-9-7-16(8-10-17)12(2)13(14)15/h11-12H,3-10H2,1-2H3,(H3,14,15). The predicted molar refractivity (Wildman–Crippen MR) is 83.5 cm³/mol. The molecule has 0 saturated carbocycles. The third-order valence-corrected chi connectivity index (χ3v) is 6.79. The second kappa shape index (κ2) is 6.60. The lowest BCUT2D eigenvalue weighted by Gasteiger charge is -2.41. The first-order chi connectivity index (χ1) is 9.84. The molecule has 0 amide bonds. The molecular formula is C13H27N5O2S. The van der Waals surface area contributed by atoms with Gasteiger partial charge in [0.2, 0.25) is 0 Å². The van der Waals surface area contributed by atoms with E-state index in [0.29, 0.717) is 32.7 Å². The molecule has 2 aliphatic rings. The van der Waals surface area contributed by atoms with Gasteiger partial charge >= 0.3 is 0 Å². The van der Waals surface area contributed by atoms with E-state index in [2.05, 4.69) is 4.90 Å². The molecule has 0 aliphatic carbocycles. The zero-order chi connectivity index (χ0) is 15.6. The topological polar surface area (TPSA) is 93.7 Å². The van der Waals surface area contributed by atoms with Gasteiger partial charge in [-0.25, -0.2) is 0 Å². The van der Waals surface area contributed by atoms with Gasteiger partial charge in [0.25, 0.3) is 10.2 Å². The largest absolute Gasteiger partial charge is 0.386 e. The quantitative estimate of drug-likeness (QED) is 0.566. The van der Waals surface area contributed by atoms with Crippen molar-refractivity contribution in [3.8, 4) is 0 Å². The second-order valence-electron chi connectivity index (χ2n) is 6.03. The minimum atomic E-state index is -3.35. The van der Waals surface area contributed by atoms with E-state index in [0.717, 1.165) is 19.3 Å². The molecule has 2 aliphatic heterocycles. The molecule has 7 nitrogen and oxygen atoms in total. The summed E-state index contributed by atoms with van der Waals surface area (Å²) in [4.78, 5) is 2.06. The van der Waals surface area contributed by atoms with E-state index in [4.69, 9.17) is 11.1 Å². The normalized spacial score (nSPS) is 28.4. The molecule has 2 fully saturated rings. The lowest BCUT2D eigenvalue weighted by atomic mass is 10.1. The zero-order valence-electron chi connectivity index (χ0n) is 13.0. The number of nitrogens with one attached hydrogen (secondary N) is 1. The number of rotatable bonds is 4. The van der Waals surface area contributed by atoms with Crippen molar-refractivity contribution < 1.29 is 8.42 Å². The van der Waals surface area contributed by atoms with E-state index in [1.54, 1.807) is 8.61 Å². The lowest BCUT2D eigenvalue weighted by Crippen LogP contribution is -2.58. The molecule has 0 radical (unpaired) electrons. The van der Waals surface area contributed by atoms with Crippen LogP contribution in [-0.4, -0.2) is 72.6 Å². The van der Waals surface area contributed by atoms with Crippen LogP contribution < -0.4 is 5.73 Å². The maximum Gasteiger partial charge on any atom is 0.282 e. The fourth-order valence-electron chi connectivity index (χ4n) is 3.08. The van der Waals surface area contributed by atoms with Gasteiger partial charge in [0.1, 0.15) is 5.84 Å². The Morgan fingerprint density at radius 1 is 1.19 bits per heavy atom. The van der Waals surface area contributed by atoms with E-state index in [-0.39, 0.29) is 17.9 Å². The van der Waals surface area contributed by atoms with Crippen molar-refractivity contribution in [2.45, 2.75) is 45.2 Å². The van der Waals surface area contributed by atoms with E-state index >= 15 is 0 Å². The number of amidine groups is 1. The lowest BCUT2D eigenvalue weighted by molar-refractivity contribution is 0.160. The van der Waals surface area contributed by atoms with Crippen molar-refractivity contribution in [2.75, 3.05) is 32.7 Å². The molecule has 0 aromatic rings. The van der Waals surface area contributed by atoms with Crippen LogP contribution in [0.1, 0.15) is 33.1 Å². The summed E-state index contributed by atoms with van der Waals surface area (Å²) in [5, 5.41) is 7.49. The van der Waals surface area contributed by atoms with Gasteiger partial charge in [0, 0.05) is 38.8 Å². The smallest absolute Gasteiger partial charge is 0.282 e. The summed E-state index contributed by atoms with van der Waals surface area (Å²) in [6.07, 6.45) is 3.00. The Bertz CT molecular complexity index is 473. The number of piperazine rings is 1. The molecule has 2 unspecified atom stereocenters. The van der Waals surface area contributed by atoms with Crippen LogP contribution in [0.5, 0.6) is 0 Å². The highest BCUT2D eigenvalue weighted by Gasteiger charge is 2.36. The summed E-state index contributed by atoms with van der Waals surface area (Å²) >= 11 is 0. The third kappa shape index (κ3) is 3.56. The van der Waals surface area contributed by atoms with Gasteiger partial charge in [-0.2, -0.15) is 17.0 Å². The van der Waals surface area contributed by atoms with Crippen LogP contribution >= 0.6 is 0 Å². The van der Waals surface area contributed by atoms with Gasteiger partial charge in [-0.1, -0.05) is 6.42 Å². The van der Waals surface area contributed by atoms with Crippen LogP contribution in [0, 0.1) is 5.41 Å². The number of hydrogen-bond acceptors (Lipinski definition) is 4. The van der Waals surface area contributed by atoms with Crippen LogP contribution in [0.4, 0.5) is 0 Å². The predicted octanol–water partition coefficient (Wildman–Crippen LogP) is 0.0477. The third-order valence-electron chi connectivity index (χ3n) is 4.64. The minimum Gasteiger partial charge on any atom is -0.386 e. The number of nitrogens with zero attached hydrogens (tertiary/aromatic N) is 3. The van der Waals surface area contributed by atoms with Gasteiger partial charge < -0.3 is 5.73 Å². The fourth-order valence-corrected chi connectivity index (χ4v) is 4.92. The van der Waals surface area contributed by atoms with Gasteiger partial charge in [0.15, 0.2) is 0 Å². The maximum atomic E-state index is 12.7. The Hall–Kier alpha value is -0.700. The first-order valence-electron chi connectivity index (χ1n) is 7.69. The van der Waals surface area contributed by atoms with Crippen LogP contribution in [0.15, 0.2) is 0 Å². The summed E-state index contributed by atoms with van der Waals surface area (Å²) in [6, 6.07) is -0.0262. The van der Waals surface area contributed by atoms with Gasteiger partial charge in [-0.05, 0) is 26.7 Å². The molecule has 8 heteroatoms. The highest BCUT2D eigenvalue weighted by Crippen LogP contribution is 2.23. The van der Waals surface area contributed by atoms with Crippen molar-refractivity contribution in [1.82, 2.24) is 13.5 Å². The molecule has 21 heavy (non-hydrogen) atoms. The van der Waals surface area contributed by atoms with Crippen molar-refractivity contribution in [1.29, 1.82) is 5.41 Å². The summed E-state index contributed by atoms with van der Waals surface area (Å²) in [5.41, 5.74) is 5.52. The Morgan fingerprint density at radius 3 is 2.33 bits per heavy atom. The molecule has 2 saturated heterocycles. The van der Waals surface area contributed by atoms with Crippen LogP contribution in [-0.2, 0) is 10.2 Å². The summed E-state index contributed by atoms with van der Waals surface area (Å²) < 4.78 is 28.7. The van der Waals surface area contributed by atoms with Crippen molar-refractivity contribution in [3.05, 3.63) is 0 Å². The van der Waals surface area contributed by atoms with Crippen LogP contribution in [0.2, 0.25) is 0 Å². The summed E-state index contributed by atoms with van der Waals surface area (Å²) in [5.74, 6) is 0.135. The number of nitrogens with two attached hydrogens (primary N) is 1. The molecular weight excluding hydrogens is 290 g/mol. The molecule has 0 aromatic heterocycles. The first kappa shape index (κ1) is 16.7. The highest BCUT2D eigenvalue weighted by atomic mass is 32.2. The Kier molecular flexibility index (Phi) is 5.24. The van der Waals surface area contributed by atoms with E-state index in [9.17, 15) is 8.42 Å². The number of hydrogen-bond donors (Lipinski definition) is 2. The van der Waals surface area contributed by atoms with E-state index in [1.165, 1.54) is 0 Å². The molecule has 122 valence electrons. The van der Waals surface area contributed by atoms with Gasteiger partial charge in [-0.15, -0.1) is 0 Å². The molecule has 0 aromatic carbocycles. The minimum absolute atomic E-state index is 0.0953. The zero-order valence-corrected chi connectivity index (χ0v) is 13.8. The molecule has 2 heterocycles. The second-order valence-corrected chi connectivity index (χ2v) is 7.91. The summed E-state index contributed by atoms with van der Waals surface area (Å²) in [6.45, 7) is 6.72. The molecule has 2 rings (SSSR count).